The number of ether oxygens (including phenoxy) is 1. The van der Waals surface area contributed by atoms with Gasteiger partial charge in [0.05, 0.1) is 12.6 Å². The van der Waals surface area contributed by atoms with Gasteiger partial charge in [0.25, 0.3) is 0 Å². The summed E-state index contributed by atoms with van der Waals surface area (Å²) < 4.78 is 7.62. The average molecular weight is 329 g/mol. The lowest BCUT2D eigenvalue weighted by Crippen LogP contribution is -2.38. The first-order chi connectivity index (χ1) is 11.7. The van der Waals surface area contributed by atoms with Crippen LogP contribution in [0, 0.1) is 0 Å². The van der Waals surface area contributed by atoms with E-state index in [2.05, 4.69) is 34.1 Å². The zero-order valence-corrected chi connectivity index (χ0v) is 14.6. The molecular weight excluding hydrogens is 302 g/mol. The molecule has 5 heteroatoms. The smallest absolute Gasteiger partial charge is 0.137 e. The number of aliphatic hydroxyl groups excluding tert-OH is 1. The molecule has 24 heavy (non-hydrogen) atoms. The van der Waals surface area contributed by atoms with Crippen molar-refractivity contribution in [2.75, 3.05) is 19.7 Å². The van der Waals surface area contributed by atoms with E-state index in [1.807, 2.05) is 24.6 Å². The lowest BCUT2D eigenvalue weighted by Gasteiger charge is -2.30. The fourth-order valence-electron chi connectivity index (χ4n) is 3.45. The molecule has 1 N–H and O–H groups in total. The average Bonchev–Trinajstić information content (AvgIpc) is 3.03. The minimum Gasteiger partial charge on any atom is -0.390 e. The van der Waals surface area contributed by atoms with Crippen molar-refractivity contribution in [1.29, 1.82) is 0 Å². The summed E-state index contributed by atoms with van der Waals surface area (Å²) in [6, 6.07) is 8.58. The Morgan fingerprint density at radius 1 is 1.25 bits per heavy atom. The first-order valence-corrected chi connectivity index (χ1v) is 8.77. The lowest BCUT2D eigenvalue weighted by molar-refractivity contribution is 0.0601. The van der Waals surface area contributed by atoms with Crippen LogP contribution in [0.25, 0.3) is 0 Å². The van der Waals surface area contributed by atoms with E-state index in [9.17, 15) is 5.11 Å². The van der Waals surface area contributed by atoms with Gasteiger partial charge >= 0.3 is 0 Å². The van der Waals surface area contributed by atoms with Gasteiger partial charge < -0.3 is 14.4 Å². The number of aliphatic hydroxyl groups is 1. The SMILES string of the molecule is CCOC(C)c1nccn1CC(O)CN1CCc2ccccc2C1. The zero-order chi connectivity index (χ0) is 16.9. The number of benzene rings is 1. The molecule has 2 unspecified atom stereocenters. The molecule has 0 fully saturated rings. The van der Waals surface area contributed by atoms with Crippen molar-refractivity contribution in [1.82, 2.24) is 14.5 Å². The maximum Gasteiger partial charge on any atom is 0.137 e. The number of nitrogens with zero attached hydrogens (tertiary/aromatic N) is 3. The highest BCUT2D eigenvalue weighted by Gasteiger charge is 2.20. The third-order valence-corrected chi connectivity index (χ3v) is 4.61. The largest absolute Gasteiger partial charge is 0.390 e. The highest BCUT2D eigenvalue weighted by Crippen LogP contribution is 2.19. The predicted octanol–water partition coefficient (Wildman–Crippen LogP) is 2.40. The Kier molecular flexibility index (Phi) is 5.66. The number of imidazole rings is 1. The maximum absolute atomic E-state index is 10.5. The fraction of sp³-hybridized carbons (Fsp3) is 0.526. The second kappa shape index (κ2) is 7.92. The lowest BCUT2D eigenvalue weighted by atomic mass is 10.00. The van der Waals surface area contributed by atoms with Crippen LogP contribution in [0.1, 0.15) is 36.9 Å². The van der Waals surface area contributed by atoms with Gasteiger partial charge in [0.1, 0.15) is 11.9 Å². The third-order valence-electron chi connectivity index (χ3n) is 4.61. The number of aromatic nitrogens is 2. The Balaban J connectivity index is 1.57. The summed E-state index contributed by atoms with van der Waals surface area (Å²) >= 11 is 0. The standard InChI is InChI=1S/C19H27N3O2/c1-3-24-15(2)19-20-9-11-22(19)14-18(23)13-21-10-8-16-6-4-5-7-17(16)12-21/h4-7,9,11,15,18,23H,3,8,10,12-14H2,1-2H3. The summed E-state index contributed by atoms with van der Waals surface area (Å²) in [6.45, 7) is 7.77. The molecule has 1 aliphatic rings. The zero-order valence-electron chi connectivity index (χ0n) is 14.6. The van der Waals surface area contributed by atoms with Gasteiger partial charge in [-0.25, -0.2) is 4.98 Å². The molecule has 0 amide bonds. The summed E-state index contributed by atoms with van der Waals surface area (Å²) in [6.07, 6.45) is 4.27. The van der Waals surface area contributed by atoms with Gasteiger partial charge in [-0.1, -0.05) is 24.3 Å². The Hall–Kier alpha value is -1.69. The molecule has 1 aromatic carbocycles. The first kappa shape index (κ1) is 17.1. The molecule has 0 aliphatic carbocycles. The molecule has 0 saturated carbocycles. The molecule has 2 aromatic rings. The topological polar surface area (TPSA) is 50.5 Å². The molecule has 1 aliphatic heterocycles. The van der Waals surface area contributed by atoms with E-state index >= 15 is 0 Å². The van der Waals surface area contributed by atoms with E-state index < -0.39 is 6.10 Å². The van der Waals surface area contributed by atoms with Crippen LogP contribution in [0.2, 0.25) is 0 Å². The van der Waals surface area contributed by atoms with Crippen LogP contribution in [-0.4, -0.2) is 45.4 Å². The summed E-state index contributed by atoms with van der Waals surface area (Å²) in [4.78, 5) is 6.71. The van der Waals surface area contributed by atoms with Crippen LogP contribution >= 0.6 is 0 Å². The van der Waals surface area contributed by atoms with Gasteiger partial charge in [0.15, 0.2) is 0 Å². The van der Waals surface area contributed by atoms with Crippen LogP contribution in [0.3, 0.4) is 0 Å². The van der Waals surface area contributed by atoms with Gasteiger partial charge in [-0.05, 0) is 31.4 Å². The highest BCUT2D eigenvalue weighted by molar-refractivity contribution is 5.29. The van der Waals surface area contributed by atoms with Crippen LogP contribution in [0.5, 0.6) is 0 Å². The predicted molar refractivity (Wildman–Crippen MR) is 93.7 cm³/mol. The van der Waals surface area contributed by atoms with E-state index in [1.165, 1.54) is 11.1 Å². The van der Waals surface area contributed by atoms with Crippen LogP contribution in [-0.2, 0) is 24.2 Å². The highest BCUT2D eigenvalue weighted by atomic mass is 16.5. The van der Waals surface area contributed by atoms with Crippen molar-refractivity contribution in [2.45, 2.75) is 45.6 Å². The van der Waals surface area contributed by atoms with Crippen LogP contribution in [0.4, 0.5) is 0 Å². The summed E-state index contributed by atoms with van der Waals surface area (Å²) in [5.41, 5.74) is 2.81. The van der Waals surface area contributed by atoms with Crippen molar-refractivity contribution in [2.24, 2.45) is 0 Å². The summed E-state index contributed by atoms with van der Waals surface area (Å²) in [5.74, 6) is 0.875. The molecular formula is C19H27N3O2. The number of rotatable bonds is 7. The molecule has 2 heterocycles. The van der Waals surface area contributed by atoms with Crippen molar-refractivity contribution in [3.8, 4) is 0 Å². The Bertz CT molecular complexity index is 656. The molecule has 0 saturated heterocycles. The van der Waals surface area contributed by atoms with Gasteiger partial charge in [0, 0.05) is 38.6 Å². The monoisotopic (exact) mass is 329 g/mol. The maximum atomic E-state index is 10.5. The van der Waals surface area contributed by atoms with E-state index in [4.69, 9.17) is 4.74 Å². The molecule has 0 spiro atoms. The number of fused-ring (bicyclic) bond motifs is 1. The van der Waals surface area contributed by atoms with Crippen LogP contribution in [0.15, 0.2) is 36.7 Å². The van der Waals surface area contributed by atoms with E-state index in [0.717, 1.165) is 25.3 Å². The second-order valence-electron chi connectivity index (χ2n) is 6.44. The summed E-state index contributed by atoms with van der Waals surface area (Å²) in [7, 11) is 0. The molecule has 5 nitrogen and oxygen atoms in total. The quantitative estimate of drug-likeness (QED) is 0.847. The van der Waals surface area contributed by atoms with Crippen molar-refractivity contribution in [3.05, 3.63) is 53.6 Å². The molecule has 3 rings (SSSR count). The molecule has 0 bridgehead atoms. The van der Waals surface area contributed by atoms with Crippen molar-refractivity contribution < 1.29 is 9.84 Å². The first-order valence-electron chi connectivity index (χ1n) is 8.77. The minimum absolute atomic E-state index is 0.0564. The number of β-amino-alcohol motifs (C(OH)–C–C–N with tert-alkyl or cyclic N) is 1. The van der Waals surface area contributed by atoms with Gasteiger partial charge in [-0.3, -0.25) is 4.90 Å². The molecule has 2 atom stereocenters. The number of hydrogen-bond acceptors (Lipinski definition) is 4. The van der Waals surface area contributed by atoms with Crippen molar-refractivity contribution in [3.63, 3.8) is 0 Å². The molecule has 130 valence electrons. The fourth-order valence-corrected chi connectivity index (χ4v) is 3.45. The molecule has 1 aromatic heterocycles. The second-order valence-corrected chi connectivity index (χ2v) is 6.44. The van der Waals surface area contributed by atoms with Crippen LogP contribution < -0.4 is 0 Å². The van der Waals surface area contributed by atoms with Gasteiger partial charge in [-0.15, -0.1) is 0 Å². The van der Waals surface area contributed by atoms with Gasteiger partial charge in [-0.2, -0.15) is 0 Å². The Morgan fingerprint density at radius 3 is 2.83 bits per heavy atom. The molecule has 0 radical (unpaired) electrons. The Labute approximate surface area is 143 Å². The van der Waals surface area contributed by atoms with Gasteiger partial charge in [0.2, 0.25) is 0 Å². The minimum atomic E-state index is -0.419. The third kappa shape index (κ3) is 4.04. The normalized spacial score (nSPS) is 17.5. The summed E-state index contributed by atoms with van der Waals surface area (Å²) in [5, 5.41) is 10.5. The Morgan fingerprint density at radius 2 is 2.04 bits per heavy atom. The van der Waals surface area contributed by atoms with E-state index in [0.29, 0.717) is 19.7 Å². The van der Waals surface area contributed by atoms with E-state index in [-0.39, 0.29) is 6.10 Å². The van der Waals surface area contributed by atoms with Crippen molar-refractivity contribution >= 4 is 0 Å². The number of hydrogen-bond donors (Lipinski definition) is 1. The van der Waals surface area contributed by atoms with E-state index in [1.54, 1.807) is 6.20 Å².